The highest BCUT2D eigenvalue weighted by Gasteiger charge is 2.21. The van der Waals surface area contributed by atoms with Crippen LogP contribution in [0.4, 0.5) is 5.69 Å². The lowest BCUT2D eigenvalue weighted by molar-refractivity contribution is -0.0286. The highest BCUT2D eigenvalue weighted by Crippen LogP contribution is 2.28. The smallest absolute Gasteiger partial charge is 0.121 e. The molecule has 1 aliphatic heterocycles. The summed E-state index contributed by atoms with van der Waals surface area (Å²) in [6.07, 6.45) is 3.86. The van der Waals surface area contributed by atoms with Crippen LogP contribution in [0, 0.1) is 0 Å². The number of anilines is 1. The van der Waals surface area contributed by atoms with Crippen LogP contribution in [0.5, 0.6) is 5.75 Å². The topological polar surface area (TPSA) is 62.3 Å². The van der Waals surface area contributed by atoms with Crippen molar-refractivity contribution in [2.75, 3.05) is 26.1 Å². The van der Waals surface area contributed by atoms with Gasteiger partial charge in [-0.25, -0.2) is 0 Å². The van der Waals surface area contributed by atoms with Gasteiger partial charge in [-0.2, -0.15) is 5.10 Å². The summed E-state index contributed by atoms with van der Waals surface area (Å²) in [4.78, 5) is 0. The molecule has 0 saturated carbocycles. The second-order valence-corrected chi connectivity index (χ2v) is 4.40. The van der Waals surface area contributed by atoms with Crippen molar-refractivity contribution in [2.24, 2.45) is 0 Å². The van der Waals surface area contributed by atoms with E-state index < -0.39 is 0 Å². The Morgan fingerprint density at radius 3 is 2.83 bits per heavy atom. The molecule has 1 aromatic carbocycles. The van der Waals surface area contributed by atoms with E-state index >= 15 is 0 Å². The van der Waals surface area contributed by atoms with E-state index in [1.165, 1.54) is 0 Å². The zero-order valence-corrected chi connectivity index (χ0v) is 10.2. The monoisotopic (exact) mass is 245 g/mol. The number of rotatable bonds is 3. The Hall–Kier alpha value is -2.01. The van der Waals surface area contributed by atoms with Crippen molar-refractivity contribution in [3.8, 4) is 16.9 Å². The SMILES string of the molecule is COc1cc(N)cc(-c2cnn(C3COC3)c2)c1. The van der Waals surface area contributed by atoms with Gasteiger partial charge in [0.1, 0.15) is 5.75 Å². The molecule has 2 aromatic rings. The Bertz CT molecular complexity index is 561. The van der Waals surface area contributed by atoms with Crippen molar-refractivity contribution in [1.82, 2.24) is 9.78 Å². The van der Waals surface area contributed by atoms with E-state index in [0.717, 1.165) is 30.1 Å². The lowest BCUT2D eigenvalue weighted by Crippen LogP contribution is -2.30. The summed E-state index contributed by atoms with van der Waals surface area (Å²) in [6, 6.07) is 6.03. The van der Waals surface area contributed by atoms with Crippen molar-refractivity contribution >= 4 is 5.69 Å². The molecular formula is C13H15N3O2. The Morgan fingerprint density at radius 2 is 2.17 bits per heavy atom. The van der Waals surface area contributed by atoms with Crippen LogP contribution >= 0.6 is 0 Å². The lowest BCUT2D eigenvalue weighted by Gasteiger charge is -2.25. The molecule has 18 heavy (non-hydrogen) atoms. The van der Waals surface area contributed by atoms with Crippen molar-refractivity contribution in [1.29, 1.82) is 0 Å². The summed E-state index contributed by atoms with van der Waals surface area (Å²) >= 11 is 0. The highest BCUT2D eigenvalue weighted by molar-refractivity contribution is 5.68. The fraction of sp³-hybridized carbons (Fsp3) is 0.308. The largest absolute Gasteiger partial charge is 0.497 e. The van der Waals surface area contributed by atoms with Gasteiger partial charge in [-0.3, -0.25) is 4.68 Å². The number of hydrogen-bond acceptors (Lipinski definition) is 4. The van der Waals surface area contributed by atoms with Gasteiger partial charge in [0.2, 0.25) is 0 Å². The van der Waals surface area contributed by atoms with Gasteiger partial charge in [0.05, 0.1) is 32.6 Å². The van der Waals surface area contributed by atoms with Gasteiger partial charge in [0.15, 0.2) is 0 Å². The molecule has 0 radical (unpaired) electrons. The number of hydrogen-bond donors (Lipinski definition) is 1. The minimum absolute atomic E-state index is 0.363. The molecule has 0 atom stereocenters. The van der Waals surface area contributed by atoms with E-state index in [0.29, 0.717) is 11.7 Å². The summed E-state index contributed by atoms with van der Waals surface area (Å²) in [5, 5.41) is 4.35. The van der Waals surface area contributed by atoms with Crippen LogP contribution in [0.15, 0.2) is 30.6 Å². The molecule has 0 bridgehead atoms. The second-order valence-electron chi connectivity index (χ2n) is 4.40. The third-order valence-electron chi connectivity index (χ3n) is 3.09. The van der Waals surface area contributed by atoms with Crippen LogP contribution in [0.1, 0.15) is 6.04 Å². The maximum atomic E-state index is 5.85. The minimum Gasteiger partial charge on any atom is -0.497 e. The van der Waals surface area contributed by atoms with Crippen LogP contribution < -0.4 is 10.5 Å². The Morgan fingerprint density at radius 1 is 1.33 bits per heavy atom. The molecule has 1 saturated heterocycles. The molecule has 1 aromatic heterocycles. The van der Waals surface area contributed by atoms with Crippen LogP contribution in [0.3, 0.4) is 0 Å². The van der Waals surface area contributed by atoms with Crippen molar-refractivity contribution in [2.45, 2.75) is 6.04 Å². The number of ether oxygens (including phenoxy) is 2. The number of nitrogens with zero attached hydrogens (tertiary/aromatic N) is 2. The zero-order valence-electron chi connectivity index (χ0n) is 10.2. The molecule has 0 spiro atoms. The van der Waals surface area contributed by atoms with Gasteiger partial charge in [0, 0.05) is 23.5 Å². The van der Waals surface area contributed by atoms with Gasteiger partial charge in [0.25, 0.3) is 0 Å². The van der Waals surface area contributed by atoms with Crippen LogP contribution in [0.2, 0.25) is 0 Å². The number of nitrogens with two attached hydrogens (primary N) is 1. The molecule has 1 fully saturated rings. The van der Waals surface area contributed by atoms with Gasteiger partial charge in [-0.15, -0.1) is 0 Å². The summed E-state index contributed by atoms with van der Waals surface area (Å²) in [6.45, 7) is 1.47. The van der Waals surface area contributed by atoms with Gasteiger partial charge >= 0.3 is 0 Å². The minimum atomic E-state index is 0.363. The first-order valence-electron chi connectivity index (χ1n) is 5.83. The molecule has 1 aliphatic rings. The summed E-state index contributed by atoms with van der Waals surface area (Å²) in [7, 11) is 1.63. The zero-order chi connectivity index (χ0) is 12.5. The molecule has 2 heterocycles. The summed E-state index contributed by atoms with van der Waals surface area (Å²) < 4.78 is 12.3. The maximum Gasteiger partial charge on any atom is 0.121 e. The predicted octanol–water partition coefficient (Wildman–Crippen LogP) is 1.71. The molecule has 5 heteroatoms. The van der Waals surface area contributed by atoms with Crippen LogP contribution in [-0.4, -0.2) is 30.1 Å². The van der Waals surface area contributed by atoms with E-state index in [1.54, 1.807) is 13.2 Å². The van der Waals surface area contributed by atoms with E-state index in [1.807, 2.05) is 29.2 Å². The molecule has 2 N–H and O–H groups in total. The summed E-state index contributed by atoms with van der Waals surface area (Å²) in [5.74, 6) is 0.754. The fourth-order valence-electron chi connectivity index (χ4n) is 1.97. The van der Waals surface area contributed by atoms with Crippen molar-refractivity contribution in [3.63, 3.8) is 0 Å². The van der Waals surface area contributed by atoms with Crippen LogP contribution in [0.25, 0.3) is 11.1 Å². The Balaban J connectivity index is 1.93. The first-order chi connectivity index (χ1) is 8.76. The van der Waals surface area contributed by atoms with Crippen molar-refractivity contribution < 1.29 is 9.47 Å². The number of benzene rings is 1. The molecule has 5 nitrogen and oxygen atoms in total. The molecule has 94 valence electrons. The number of aromatic nitrogens is 2. The number of nitrogen functional groups attached to an aromatic ring is 1. The van der Waals surface area contributed by atoms with Crippen molar-refractivity contribution in [3.05, 3.63) is 30.6 Å². The molecular weight excluding hydrogens is 230 g/mol. The van der Waals surface area contributed by atoms with Crippen LogP contribution in [-0.2, 0) is 4.74 Å². The van der Waals surface area contributed by atoms with E-state index in [2.05, 4.69) is 5.10 Å². The first-order valence-corrected chi connectivity index (χ1v) is 5.83. The Labute approximate surface area is 105 Å². The maximum absolute atomic E-state index is 5.85. The Kier molecular flexibility index (Phi) is 2.68. The molecule has 3 rings (SSSR count). The quantitative estimate of drug-likeness (QED) is 0.836. The summed E-state index contributed by atoms with van der Waals surface area (Å²) in [5.41, 5.74) is 8.58. The highest BCUT2D eigenvalue weighted by atomic mass is 16.5. The van der Waals surface area contributed by atoms with E-state index in [9.17, 15) is 0 Å². The van der Waals surface area contributed by atoms with Gasteiger partial charge in [-0.1, -0.05) is 0 Å². The van der Waals surface area contributed by atoms with E-state index in [4.69, 9.17) is 15.2 Å². The molecule has 0 amide bonds. The van der Waals surface area contributed by atoms with E-state index in [-0.39, 0.29) is 0 Å². The second kappa shape index (κ2) is 4.34. The number of methoxy groups -OCH3 is 1. The third-order valence-corrected chi connectivity index (χ3v) is 3.09. The molecule has 0 aliphatic carbocycles. The standard InChI is InChI=1S/C13H15N3O2/c1-17-13-3-9(2-11(14)4-13)10-5-15-16(6-10)12-7-18-8-12/h2-6,12H,7-8,14H2,1H3. The average molecular weight is 245 g/mol. The third kappa shape index (κ3) is 1.93. The van der Waals surface area contributed by atoms with Gasteiger partial charge in [-0.05, 0) is 17.7 Å². The normalized spacial score (nSPS) is 15.4. The average Bonchev–Trinajstić information content (AvgIpc) is 2.75. The molecule has 0 unspecified atom stereocenters. The fourth-order valence-corrected chi connectivity index (χ4v) is 1.97. The lowest BCUT2D eigenvalue weighted by atomic mass is 10.1. The first kappa shape index (κ1) is 11.1. The predicted molar refractivity (Wildman–Crippen MR) is 68.5 cm³/mol. The van der Waals surface area contributed by atoms with Gasteiger partial charge < -0.3 is 15.2 Å².